The Hall–Kier alpha value is -2.17. The van der Waals surface area contributed by atoms with Gasteiger partial charge in [0.1, 0.15) is 5.75 Å². The molecule has 1 heterocycles. The summed E-state index contributed by atoms with van der Waals surface area (Å²) in [6, 6.07) is 13.4. The van der Waals surface area contributed by atoms with Crippen LogP contribution in [0.4, 0.5) is 5.95 Å². The maximum atomic E-state index is 6.37. The highest BCUT2D eigenvalue weighted by Crippen LogP contribution is 2.32. The number of nitrogen functional groups attached to an aromatic ring is 1. The SMILES string of the molecule is COc1ccc(C(Cc2cc(Cl)ccc2Cl)c2cn(C)c(N)n2)cc1. The summed E-state index contributed by atoms with van der Waals surface area (Å²) in [5.74, 6) is 1.29. The molecule has 1 unspecified atom stereocenters. The van der Waals surface area contributed by atoms with E-state index in [0.717, 1.165) is 22.6 Å². The van der Waals surface area contributed by atoms with Crippen molar-refractivity contribution in [3.8, 4) is 5.75 Å². The molecule has 0 bridgehead atoms. The zero-order valence-corrected chi connectivity index (χ0v) is 15.6. The van der Waals surface area contributed by atoms with Gasteiger partial charge >= 0.3 is 0 Å². The van der Waals surface area contributed by atoms with E-state index in [1.54, 1.807) is 13.2 Å². The number of aromatic nitrogens is 2. The van der Waals surface area contributed by atoms with Gasteiger partial charge in [-0.25, -0.2) is 4.98 Å². The van der Waals surface area contributed by atoms with E-state index >= 15 is 0 Å². The number of ether oxygens (including phenoxy) is 1. The molecule has 1 aromatic heterocycles. The lowest BCUT2D eigenvalue weighted by atomic mass is 9.89. The standard InChI is InChI=1S/C19H19Cl2N3O/c1-24-11-18(23-19(24)22)16(12-3-6-15(25-2)7-4-12)10-13-9-14(20)5-8-17(13)21/h3-9,11,16H,10H2,1-2H3,(H2,22,23). The highest BCUT2D eigenvalue weighted by atomic mass is 35.5. The van der Waals surface area contributed by atoms with E-state index in [2.05, 4.69) is 4.98 Å². The van der Waals surface area contributed by atoms with Crippen LogP contribution in [0.15, 0.2) is 48.7 Å². The lowest BCUT2D eigenvalue weighted by Crippen LogP contribution is -2.06. The molecule has 3 rings (SSSR count). The van der Waals surface area contributed by atoms with Gasteiger partial charge in [-0.05, 0) is 47.9 Å². The Morgan fingerprint density at radius 1 is 1.16 bits per heavy atom. The van der Waals surface area contributed by atoms with E-state index in [4.69, 9.17) is 33.7 Å². The molecule has 1 atom stereocenters. The molecule has 0 saturated heterocycles. The Morgan fingerprint density at radius 2 is 1.88 bits per heavy atom. The van der Waals surface area contributed by atoms with Gasteiger partial charge in [0.25, 0.3) is 0 Å². The lowest BCUT2D eigenvalue weighted by Gasteiger charge is -2.17. The second-order valence-corrected chi connectivity index (χ2v) is 6.74. The van der Waals surface area contributed by atoms with Gasteiger partial charge < -0.3 is 15.0 Å². The highest BCUT2D eigenvalue weighted by Gasteiger charge is 2.20. The van der Waals surface area contributed by atoms with Crippen molar-refractivity contribution in [3.05, 3.63) is 75.5 Å². The second-order valence-electron chi connectivity index (χ2n) is 5.90. The minimum atomic E-state index is 0.00497. The summed E-state index contributed by atoms with van der Waals surface area (Å²) in [4.78, 5) is 4.51. The Labute approximate surface area is 157 Å². The molecule has 2 aromatic carbocycles. The summed E-state index contributed by atoms with van der Waals surface area (Å²) in [5.41, 5.74) is 8.90. The average Bonchev–Trinajstić information content (AvgIpc) is 2.94. The molecule has 4 nitrogen and oxygen atoms in total. The second kappa shape index (κ2) is 7.38. The zero-order chi connectivity index (χ0) is 18.0. The van der Waals surface area contributed by atoms with E-state index in [0.29, 0.717) is 22.4 Å². The van der Waals surface area contributed by atoms with Crippen LogP contribution < -0.4 is 10.5 Å². The van der Waals surface area contributed by atoms with Gasteiger partial charge in [0.2, 0.25) is 0 Å². The van der Waals surface area contributed by atoms with Crippen LogP contribution >= 0.6 is 23.2 Å². The van der Waals surface area contributed by atoms with Crippen LogP contribution in [0.25, 0.3) is 0 Å². The number of methoxy groups -OCH3 is 1. The third-order valence-corrected chi connectivity index (χ3v) is 4.84. The first kappa shape index (κ1) is 17.6. The van der Waals surface area contributed by atoms with Gasteiger partial charge in [0, 0.05) is 29.2 Å². The molecular formula is C19H19Cl2N3O. The van der Waals surface area contributed by atoms with Gasteiger partial charge in [-0.3, -0.25) is 0 Å². The van der Waals surface area contributed by atoms with Gasteiger partial charge in [0.15, 0.2) is 5.95 Å². The van der Waals surface area contributed by atoms with Gasteiger partial charge in [0.05, 0.1) is 12.8 Å². The molecule has 0 aliphatic carbocycles. The van der Waals surface area contributed by atoms with Crippen LogP contribution in [0.2, 0.25) is 10.0 Å². The molecular weight excluding hydrogens is 357 g/mol. The van der Waals surface area contributed by atoms with Crippen molar-refractivity contribution in [3.63, 3.8) is 0 Å². The van der Waals surface area contributed by atoms with Crippen LogP contribution in [0.5, 0.6) is 5.75 Å². The number of halogens is 2. The summed E-state index contributed by atoms with van der Waals surface area (Å²) in [6.45, 7) is 0. The maximum absolute atomic E-state index is 6.37. The molecule has 0 saturated carbocycles. The fraction of sp³-hybridized carbons (Fsp3) is 0.211. The maximum Gasteiger partial charge on any atom is 0.200 e. The van der Waals surface area contributed by atoms with Crippen molar-refractivity contribution in [1.82, 2.24) is 9.55 Å². The number of hydrogen-bond donors (Lipinski definition) is 1. The van der Waals surface area contributed by atoms with E-state index < -0.39 is 0 Å². The van der Waals surface area contributed by atoms with Crippen LogP contribution in [0.3, 0.4) is 0 Å². The van der Waals surface area contributed by atoms with Gasteiger partial charge in [-0.15, -0.1) is 0 Å². The van der Waals surface area contributed by atoms with Crippen molar-refractivity contribution in [1.29, 1.82) is 0 Å². The first-order valence-electron chi connectivity index (χ1n) is 7.84. The van der Waals surface area contributed by atoms with Crippen molar-refractivity contribution in [2.24, 2.45) is 7.05 Å². The topological polar surface area (TPSA) is 53.1 Å². The Morgan fingerprint density at radius 3 is 2.48 bits per heavy atom. The molecule has 0 spiro atoms. The molecule has 0 radical (unpaired) electrons. The normalized spacial score (nSPS) is 12.2. The summed E-state index contributed by atoms with van der Waals surface area (Å²) in [6.07, 6.45) is 2.62. The molecule has 6 heteroatoms. The lowest BCUT2D eigenvalue weighted by molar-refractivity contribution is 0.414. The smallest absolute Gasteiger partial charge is 0.200 e. The largest absolute Gasteiger partial charge is 0.497 e. The van der Waals surface area contributed by atoms with Crippen molar-refractivity contribution < 1.29 is 4.74 Å². The van der Waals surface area contributed by atoms with E-state index in [1.807, 2.05) is 54.2 Å². The van der Waals surface area contributed by atoms with Crippen LogP contribution in [-0.2, 0) is 13.5 Å². The third-order valence-electron chi connectivity index (χ3n) is 4.24. The molecule has 0 aliphatic rings. The molecule has 0 amide bonds. The number of aryl methyl sites for hydroxylation is 1. The molecule has 0 aliphatic heterocycles. The Kier molecular flexibility index (Phi) is 5.21. The van der Waals surface area contributed by atoms with Crippen molar-refractivity contribution >= 4 is 29.2 Å². The Balaban J connectivity index is 2.03. The first-order chi connectivity index (χ1) is 12.0. The Bertz CT molecular complexity index is 855. The summed E-state index contributed by atoms with van der Waals surface area (Å²) < 4.78 is 7.06. The third kappa shape index (κ3) is 3.91. The zero-order valence-electron chi connectivity index (χ0n) is 14.0. The number of hydrogen-bond acceptors (Lipinski definition) is 3. The number of rotatable bonds is 5. The van der Waals surface area contributed by atoms with Crippen molar-refractivity contribution in [2.45, 2.75) is 12.3 Å². The molecule has 130 valence electrons. The highest BCUT2D eigenvalue weighted by molar-refractivity contribution is 6.33. The van der Waals surface area contributed by atoms with Gasteiger partial charge in [-0.1, -0.05) is 35.3 Å². The predicted octanol–water partition coefficient (Wildman–Crippen LogP) is 4.69. The number of anilines is 1. The number of nitrogens with zero attached hydrogens (tertiary/aromatic N) is 2. The average molecular weight is 376 g/mol. The van der Waals surface area contributed by atoms with Crippen LogP contribution in [-0.4, -0.2) is 16.7 Å². The quantitative estimate of drug-likeness (QED) is 0.703. The summed E-state index contributed by atoms with van der Waals surface area (Å²) >= 11 is 12.5. The predicted molar refractivity (Wildman–Crippen MR) is 103 cm³/mol. The van der Waals surface area contributed by atoms with E-state index in [-0.39, 0.29) is 5.92 Å². The van der Waals surface area contributed by atoms with Crippen LogP contribution in [0, 0.1) is 0 Å². The van der Waals surface area contributed by atoms with Crippen LogP contribution in [0.1, 0.15) is 22.7 Å². The number of nitrogens with two attached hydrogens (primary N) is 1. The number of benzene rings is 2. The monoisotopic (exact) mass is 375 g/mol. The fourth-order valence-corrected chi connectivity index (χ4v) is 3.21. The van der Waals surface area contributed by atoms with E-state index in [1.165, 1.54) is 0 Å². The molecule has 0 fully saturated rings. The molecule has 2 N–H and O–H groups in total. The fourth-order valence-electron chi connectivity index (χ4n) is 2.82. The molecule has 25 heavy (non-hydrogen) atoms. The minimum Gasteiger partial charge on any atom is -0.497 e. The van der Waals surface area contributed by atoms with Gasteiger partial charge in [-0.2, -0.15) is 0 Å². The summed E-state index contributed by atoms with van der Waals surface area (Å²) in [7, 11) is 3.53. The van der Waals surface area contributed by atoms with E-state index in [9.17, 15) is 0 Å². The first-order valence-corrected chi connectivity index (χ1v) is 8.60. The summed E-state index contributed by atoms with van der Waals surface area (Å²) in [5, 5.41) is 1.35. The van der Waals surface area contributed by atoms with Crippen molar-refractivity contribution in [2.75, 3.05) is 12.8 Å². The molecule has 3 aromatic rings. The number of imidazole rings is 1. The minimum absolute atomic E-state index is 0.00497.